The molecule has 0 bridgehead atoms. The van der Waals surface area contributed by atoms with Crippen molar-refractivity contribution in [3.63, 3.8) is 0 Å². The summed E-state index contributed by atoms with van der Waals surface area (Å²) in [6, 6.07) is 10.7. The van der Waals surface area contributed by atoms with Gasteiger partial charge in [0.2, 0.25) is 0 Å². The lowest BCUT2D eigenvalue weighted by Gasteiger charge is -2.12. The predicted molar refractivity (Wildman–Crippen MR) is 63.9 cm³/mol. The molecule has 0 aromatic heterocycles. The third-order valence-corrected chi connectivity index (χ3v) is 2.39. The number of rotatable bonds is 5. The van der Waals surface area contributed by atoms with Crippen LogP contribution in [-0.2, 0) is 6.42 Å². The van der Waals surface area contributed by atoms with Crippen LogP contribution in [0.3, 0.4) is 0 Å². The van der Waals surface area contributed by atoms with Crippen LogP contribution in [0.4, 0.5) is 0 Å². The van der Waals surface area contributed by atoms with Crippen LogP contribution in [0.2, 0.25) is 0 Å². The van der Waals surface area contributed by atoms with Crippen LogP contribution in [0.15, 0.2) is 30.3 Å². The summed E-state index contributed by atoms with van der Waals surface area (Å²) in [4.78, 5) is 0. The van der Waals surface area contributed by atoms with Crippen LogP contribution < -0.4 is 11.3 Å². The van der Waals surface area contributed by atoms with Crippen molar-refractivity contribution < 1.29 is 0 Å². The van der Waals surface area contributed by atoms with Crippen molar-refractivity contribution in [1.82, 2.24) is 5.43 Å². The average molecular weight is 202 g/mol. The van der Waals surface area contributed by atoms with E-state index < -0.39 is 0 Å². The maximum Gasteiger partial charge on any atom is 0.0323 e. The summed E-state index contributed by atoms with van der Waals surface area (Å²) in [7, 11) is 0. The minimum absolute atomic E-state index is 0.289. The minimum Gasteiger partial charge on any atom is -0.271 e. The molecule has 80 valence electrons. The van der Waals surface area contributed by atoms with Gasteiger partial charge < -0.3 is 0 Å². The number of aryl methyl sites for hydroxylation is 1. The fraction of sp³-hybridized carbons (Fsp3) is 0.385. The molecule has 0 aliphatic rings. The zero-order valence-electron chi connectivity index (χ0n) is 9.16. The van der Waals surface area contributed by atoms with Crippen molar-refractivity contribution in [2.45, 2.75) is 32.2 Å². The number of hydrogen-bond acceptors (Lipinski definition) is 2. The minimum atomic E-state index is 0.289. The van der Waals surface area contributed by atoms with Crippen molar-refractivity contribution in [2.75, 3.05) is 0 Å². The molecule has 1 atom stereocenters. The predicted octanol–water partition coefficient (Wildman–Crippen LogP) is 1.86. The van der Waals surface area contributed by atoms with Gasteiger partial charge in [0.1, 0.15) is 0 Å². The number of hydrazine groups is 1. The Kier molecular flexibility index (Phi) is 5.54. The Morgan fingerprint density at radius 1 is 1.33 bits per heavy atom. The highest BCUT2D eigenvalue weighted by Gasteiger charge is 2.04. The summed E-state index contributed by atoms with van der Waals surface area (Å²) in [5.41, 5.74) is 4.15. The Hall–Kier alpha value is -1.30. The summed E-state index contributed by atoms with van der Waals surface area (Å²) in [5, 5.41) is 0. The second-order valence-electron chi connectivity index (χ2n) is 3.52. The van der Waals surface area contributed by atoms with E-state index in [4.69, 9.17) is 5.84 Å². The maximum absolute atomic E-state index is 5.46. The molecule has 0 aliphatic heterocycles. The SMILES string of the molecule is CC#CCC(CCc1ccccc1)NN. The molecule has 0 aliphatic carbocycles. The lowest BCUT2D eigenvalue weighted by atomic mass is 10.0. The fourth-order valence-corrected chi connectivity index (χ4v) is 1.46. The zero-order valence-corrected chi connectivity index (χ0v) is 9.16. The quantitative estimate of drug-likeness (QED) is 0.434. The second-order valence-corrected chi connectivity index (χ2v) is 3.52. The van der Waals surface area contributed by atoms with E-state index in [1.165, 1.54) is 5.56 Å². The monoisotopic (exact) mass is 202 g/mol. The molecule has 0 saturated carbocycles. The third kappa shape index (κ3) is 4.64. The average Bonchev–Trinajstić information content (AvgIpc) is 2.31. The molecule has 0 radical (unpaired) electrons. The molecule has 0 fully saturated rings. The highest BCUT2D eigenvalue weighted by Crippen LogP contribution is 2.06. The van der Waals surface area contributed by atoms with Crippen LogP contribution in [0, 0.1) is 11.8 Å². The summed E-state index contributed by atoms with van der Waals surface area (Å²) in [5.74, 6) is 11.4. The second kappa shape index (κ2) is 7.05. The zero-order chi connectivity index (χ0) is 10.9. The Labute approximate surface area is 91.8 Å². The fourth-order valence-electron chi connectivity index (χ4n) is 1.46. The first-order chi connectivity index (χ1) is 7.36. The molecule has 0 spiro atoms. The Morgan fingerprint density at radius 2 is 2.07 bits per heavy atom. The largest absolute Gasteiger partial charge is 0.271 e. The van der Waals surface area contributed by atoms with E-state index in [0.717, 1.165) is 19.3 Å². The molecule has 1 aromatic carbocycles. The summed E-state index contributed by atoms with van der Waals surface area (Å²) in [6.07, 6.45) is 2.89. The Morgan fingerprint density at radius 3 is 2.67 bits per heavy atom. The Balaban J connectivity index is 2.36. The smallest absolute Gasteiger partial charge is 0.0323 e. The van der Waals surface area contributed by atoms with Crippen molar-refractivity contribution in [3.8, 4) is 11.8 Å². The highest BCUT2D eigenvalue weighted by atomic mass is 15.2. The molecular weight excluding hydrogens is 184 g/mol. The van der Waals surface area contributed by atoms with E-state index in [2.05, 4.69) is 41.5 Å². The highest BCUT2D eigenvalue weighted by molar-refractivity contribution is 5.15. The molecule has 0 amide bonds. The van der Waals surface area contributed by atoms with Crippen LogP contribution in [-0.4, -0.2) is 6.04 Å². The summed E-state index contributed by atoms with van der Waals surface area (Å²) in [6.45, 7) is 1.85. The normalized spacial score (nSPS) is 11.6. The molecule has 2 nitrogen and oxygen atoms in total. The van der Waals surface area contributed by atoms with Crippen LogP contribution in [0.1, 0.15) is 25.3 Å². The van der Waals surface area contributed by atoms with E-state index in [1.807, 2.05) is 13.0 Å². The van der Waals surface area contributed by atoms with Crippen molar-refractivity contribution in [1.29, 1.82) is 0 Å². The number of nitrogens with two attached hydrogens (primary N) is 1. The van der Waals surface area contributed by atoms with Gasteiger partial charge in [-0.1, -0.05) is 30.3 Å². The van der Waals surface area contributed by atoms with Crippen LogP contribution in [0.25, 0.3) is 0 Å². The lowest BCUT2D eigenvalue weighted by Crippen LogP contribution is -2.35. The molecule has 1 rings (SSSR count). The van der Waals surface area contributed by atoms with Gasteiger partial charge in [0.25, 0.3) is 0 Å². The maximum atomic E-state index is 5.46. The molecule has 0 saturated heterocycles. The van der Waals surface area contributed by atoms with Gasteiger partial charge in [0.05, 0.1) is 0 Å². The topological polar surface area (TPSA) is 38.0 Å². The van der Waals surface area contributed by atoms with Gasteiger partial charge in [-0.3, -0.25) is 11.3 Å². The van der Waals surface area contributed by atoms with Gasteiger partial charge in [-0.25, -0.2) is 0 Å². The molecule has 1 unspecified atom stereocenters. The van der Waals surface area contributed by atoms with Gasteiger partial charge in [0, 0.05) is 12.5 Å². The first kappa shape index (κ1) is 11.8. The summed E-state index contributed by atoms with van der Waals surface area (Å²) >= 11 is 0. The lowest BCUT2D eigenvalue weighted by molar-refractivity contribution is 0.504. The third-order valence-electron chi connectivity index (χ3n) is 2.39. The number of hydrogen-bond donors (Lipinski definition) is 2. The summed E-state index contributed by atoms with van der Waals surface area (Å²) < 4.78 is 0. The van der Waals surface area contributed by atoms with Gasteiger partial charge in [-0.2, -0.15) is 0 Å². The van der Waals surface area contributed by atoms with E-state index in [9.17, 15) is 0 Å². The first-order valence-electron chi connectivity index (χ1n) is 5.26. The van der Waals surface area contributed by atoms with Crippen molar-refractivity contribution in [2.24, 2.45) is 5.84 Å². The van der Waals surface area contributed by atoms with E-state index in [1.54, 1.807) is 0 Å². The van der Waals surface area contributed by atoms with Gasteiger partial charge in [0.15, 0.2) is 0 Å². The van der Waals surface area contributed by atoms with E-state index >= 15 is 0 Å². The molecular formula is C13H18N2. The molecule has 3 N–H and O–H groups in total. The van der Waals surface area contributed by atoms with Crippen molar-refractivity contribution >= 4 is 0 Å². The molecule has 0 heterocycles. The van der Waals surface area contributed by atoms with Crippen molar-refractivity contribution in [3.05, 3.63) is 35.9 Å². The number of nitrogens with one attached hydrogen (secondary N) is 1. The number of benzene rings is 1. The van der Waals surface area contributed by atoms with Crippen LogP contribution >= 0.6 is 0 Å². The molecule has 1 aromatic rings. The first-order valence-corrected chi connectivity index (χ1v) is 5.26. The van der Waals surface area contributed by atoms with Gasteiger partial charge >= 0.3 is 0 Å². The van der Waals surface area contributed by atoms with Gasteiger partial charge in [-0.15, -0.1) is 11.8 Å². The standard InChI is InChI=1S/C13H18N2/c1-2-3-9-13(15-14)11-10-12-7-5-4-6-8-12/h4-8,13,15H,9-11,14H2,1H3. The molecule has 15 heavy (non-hydrogen) atoms. The van der Waals surface area contributed by atoms with Gasteiger partial charge in [-0.05, 0) is 25.3 Å². The van der Waals surface area contributed by atoms with E-state index in [-0.39, 0.29) is 6.04 Å². The van der Waals surface area contributed by atoms with Crippen LogP contribution in [0.5, 0.6) is 0 Å². The van der Waals surface area contributed by atoms with E-state index in [0.29, 0.717) is 0 Å². The Bertz CT molecular complexity index is 321. The molecule has 2 heteroatoms.